The van der Waals surface area contributed by atoms with E-state index in [1.165, 1.54) is 19.2 Å². The van der Waals surface area contributed by atoms with Crippen LogP contribution in [0.1, 0.15) is 11.4 Å². The fraction of sp³-hybridized carbons (Fsp3) is 0.286. The summed E-state index contributed by atoms with van der Waals surface area (Å²) in [6.07, 6.45) is 0. The van der Waals surface area contributed by atoms with Gasteiger partial charge in [-0.1, -0.05) is 11.6 Å². The molecule has 0 fully saturated rings. The minimum Gasteiger partial charge on any atom is -0.493 e. The summed E-state index contributed by atoms with van der Waals surface area (Å²) in [5.41, 5.74) is 6.03. The SMILES string of the molecule is COc1cc(C#N)cc(Cl)c1OCc1nc(N)nc(N(C)C)n1. The quantitative estimate of drug-likeness (QED) is 0.878. The highest BCUT2D eigenvalue weighted by Crippen LogP contribution is 2.36. The molecule has 2 rings (SSSR count). The number of ether oxygens (including phenoxy) is 2. The first kappa shape index (κ1) is 16.6. The number of methoxy groups -OCH3 is 1. The number of nitrogens with zero attached hydrogens (tertiary/aromatic N) is 5. The molecule has 0 unspecified atom stereocenters. The van der Waals surface area contributed by atoms with Gasteiger partial charge in [0.25, 0.3) is 0 Å². The molecule has 8 nitrogen and oxygen atoms in total. The Morgan fingerprint density at radius 2 is 2.04 bits per heavy atom. The maximum atomic E-state index is 8.94. The summed E-state index contributed by atoms with van der Waals surface area (Å²) in [6, 6.07) is 5.02. The largest absolute Gasteiger partial charge is 0.493 e. The van der Waals surface area contributed by atoms with Crippen LogP contribution in [0.5, 0.6) is 11.5 Å². The van der Waals surface area contributed by atoms with Crippen molar-refractivity contribution >= 4 is 23.5 Å². The minimum absolute atomic E-state index is 0.0234. The van der Waals surface area contributed by atoms with Crippen molar-refractivity contribution in [2.45, 2.75) is 6.61 Å². The van der Waals surface area contributed by atoms with E-state index >= 15 is 0 Å². The Morgan fingerprint density at radius 3 is 2.65 bits per heavy atom. The van der Waals surface area contributed by atoms with Crippen molar-refractivity contribution in [3.63, 3.8) is 0 Å². The Labute approximate surface area is 138 Å². The number of rotatable bonds is 5. The van der Waals surface area contributed by atoms with Crippen LogP contribution in [0, 0.1) is 11.3 Å². The van der Waals surface area contributed by atoms with Crippen LogP contribution in [0.4, 0.5) is 11.9 Å². The molecule has 1 heterocycles. The van der Waals surface area contributed by atoms with E-state index in [4.69, 9.17) is 32.1 Å². The normalized spacial score (nSPS) is 10.0. The summed E-state index contributed by atoms with van der Waals surface area (Å²) in [7, 11) is 5.05. The van der Waals surface area contributed by atoms with Gasteiger partial charge in [-0.25, -0.2) is 0 Å². The van der Waals surface area contributed by atoms with Gasteiger partial charge in [0.1, 0.15) is 6.61 Å². The van der Waals surface area contributed by atoms with Crippen LogP contribution in [0.3, 0.4) is 0 Å². The van der Waals surface area contributed by atoms with Crippen LogP contribution < -0.4 is 20.1 Å². The van der Waals surface area contributed by atoms with Crippen molar-refractivity contribution in [2.24, 2.45) is 0 Å². The molecule has 9 heteroatoms. The highest BCUT2D eigenvalue weighted by atomic mass is 35.5. The molecule has 120 valence electrons. The van der Waals surface area contributed by atoms with Crippen LogP contribution in [0.25, 0.3) is 0 Å². The molecule has 0 bridgehead atoms. The Morgan fingerprint density at radius 1 is 1.30 bits per heavy atom. The second-order valence-corrected chi connectivity index (χ2v) is 5.10. The fourth-order valence-corrected chi connectivity index (χ4v) is 2.02. The zero-order chi connectivity index (χ0) is 17.0. The monoisotopic (exact) mass is 334 g/mol. The number of nitrogen functional groups attached to an aromatic ring is 1. The third kappa shape index (κ3) is 3.90. The number of nitriles is 1. The lowest BCUT2D eigenvalue weighted by atomic mass is 10.2. The molecule has 0 aliphatic rings. The van der Waals surface area contributed by atoms with Crippen LogP contribution in [0.2, 0.25) is 5.02 Å². The Balaban J connectivity index is 2.26. The van der Waals surface area contributed by atoms with E-state index in [1.807, 2.05) is 6.07 Å². The lowest BCUT2D eigenvalue weighted by molar-refractivity contribution is 0.276. The van der Waals surface area contributed by atoms with Gasteiger partial charge < -0.3 is 20.1 Å². The van der Waals surface area contributed by atoms with Gasteiger partial charge in [-0.2, -0.15) is 20.2 Å². The van der Waals surface area contributed by atoms with Crippen molar-refractivity contribution in [1.29, 1.82) is 5.26 Å². The molecule has 0 aliphatic heterocycles. The van der Waals surface area contributed by atoms with Gasteiger partial charge in [-0.3, -0.25) is 0 Å². The van der Waals surface area contributed by atoms with Gasteiger partial charge in [-0.15, -0.1) is 0 Å². The summed E-state index contributed by atoms with van der Waals surface area (Å²) in [6.45, 7) is 0.0234. The van der Waals surface area contributed by atoms with Gasteiger partial charge in [-0.05, 0) is 6.07 Å². The van der Waals surface area contributed by atoms with E-state index in [-0.39, 0.29) is 17.6 Å². The number of benzene rings is 1. The summed E-state index contributed by atoms with van der Waals surface area (Å²) in [5.74, 6) is 1.53. The number of hydrogen-bond donors (Lipinski definition) is 1. The van der Waals surface area contributed by atoms with Crippen LogP contribution in [-0.2, 0) is 6.61 Å². The van der Waals surface area contributed by atoms with Gasteiger partial charge in [0.05, 0.1) is 23.8 Å². The van der Waals surface area contributed by atoms with Gasteiger partial charge >= 0.3 is 0 Å². The van der Waals surface area contributed by atoms with Crippen LogP contribution in [-0.4, -0.2) is 36.2 Å². The number of hydrogen-bond acceptors (Lipinski definition) is 8. The van der Waals surface area contributed by atoms with Crippen molar-refractivity contribution in [3.8, 4) is 17.6 Å². The molecular weight excluding hydrogens is 320 g/mol. The van der Waals surface area contributed by atoms with E-state index in [0.29, 0.717) is 28.8 Å². The maximum absolute atomic E-state index is 8.94. The molecule has 2 aromatic rings. The van der Waals surface area contributed by atoms with E-state index < -0.39 is 0 Å². The number of anilines is 2. The zero-order valence-corrected chi connectivity index (χ0v) is 13.6. The van der Waals surface area contributed by atoms with Crippen molar-refractivity contribution in [3.05, 3.63) is 28.5 Å². The predicted octanol–water partition coefficient (Wildman–Crippen LogP) is 1.63. The molecule has 0 saturated carbocycles. The molecule has 0 spiro atoms. The number of halogens is 1. The first-order valence-electron chi connectivity index (χ1n) is 6.52. The summed E-state index contributed by atoms with van der Waals surface area (Å²) >= 11 is 6.13. The standard InChI is InChI=1S/C14H15ClN6O2/c1-21(2)14-19-11(18-13(17)20-14)7-23-12-9(15)4-8(6-16)5-10(12)22-3/h4-5H,7H2,1-3H3,(H2,17,18,19,20). The van der Waals surface area contributed by atoms with Gasteiger partial charge in [0, 0.05) is 20.2 Å². The lowest BCUT2D eigenvalue weighted by Crippen LogP contribution is -2.17. The van der Waals surface area contributed by atoms with E-state index in [9.17, 15) is 0 Å². The molecule has 1 aromatic heterocycles. The van der Waals surface area contributed by atoms with E-state index in [0.717, 1.165) is 0 Å². The molecule has 0 radical (unpaired) electrons. The van der Waals surface area contributed by atoms with Crippen molar-refractivity contribution < 1.29 is 9.47 Å². The number of nitrogens with two attached hydrogens (primary N) is 1. The molecule has 0 atom stereocenters. The van der Waals surface area contributed by atoms with Crippen LogP contribution >= 0.6 is 11.6 Å². The Hall–Kier alpha value is -2.79. The van der Waals surface area contributed by atoms with E-state index in [2.05, 4.69) is 15.0 Å². The average molecular weight is 335 g/mol. The van der Waals surface area contributed by atoms with Crippen molar-refractivity contribution in [1.82, 2.24) is 15.0 Å². The first-order valence-corrected chi connectivity index (χ1v) is 6.90. The molecule has 2 N–H and O–H groups in total. The third-order valence-electron chi connectivity index (χ3n) is 2.79. The highest BCUT2D eigenvalue weighted by Gasteiger charge is 2.14. The highest BCUT2D eigenvalue weighted by molar-refractivity contribution is 6.32. The summed E-state index contributed by atoms with van der Waals surface area (Å²) in [4.78, 5) is 14.0. The fourth-order valence-electron chi connectivity index (χ4n) is 1.75. The molecule has 1 aromatic carbocycles. The average Bonchev–Trinajstić information content (AvgIpc) is 2.52. The van der Waals surface area contributed by atoms with Crippen LogP contribution in [0.15, 0.2) is 12.1 Å². The molecular formula is C14H15ClN6O2. The number of aromatic nitrogens is 3. The van der Waals surface area contributed by atoms with Gasteiger partial charge in [0.15, 0.2) is 17.3 Å². The summed E-state index contributed by atoms with van der Waals surface area (Å²) in [5, 5.41) is 9.20. The maximum Gasteiger partial charge on any atom is 0.230 e. The molecule has 23 heavy (non-hydrogen) atoms. The molecule has 0 aliphatic carbocycles. The summed E-state index contributed by atoms with van der Waals surface area (Å²) < 4.78 is 10.8. The van der Waals surface area contributed by atoms with Gasteiger partial charge in [0.2, 0.25) is 11.9 Å². The third-order valence-corrected chi connectivity index (χ3v) is 3.07. The topological polar surface area (TPSA) is 110 Å². The first-order chi connectivity index (χ1) is 10.9. The second-order valence-electron chi connectivity index (χ2n) is 4.69. The second kappa shape index (κ2) is 6.98. The molecule has 0 amide bonds. The zero-order valence-electron chi connectivity index (χ0n) is 12.9. The Kier molecular flexibility index (Phi) is 5.03. The predicted molar refractivity (Wildman–Crippen MR) is 85.6 cm³/mol. The lowest BCUT2D eigenvalue weighted by Gasteiger charge is -2.14. The van der Waals surface area contributed by atoms with E-state index in [1.54, 1.807) is 19.0 Å². The Bertz CT molecular complexity index is 760. The smallest absolute Gasteiger partial charge is 0.230 e. The molecule has 0 saturated heterocycles. The van der Waals surface area contributed by atoms with Crippen molar-refractivity contribution in [2.75, 3.05) is 31.8 Å². The minimum atomic E-state index is 0.0234.